The summed E-state index contributed by atoms with van der Waals surface area (Å²) in [4.78, 5) is 0. The van der Waals surface area contributed by atoms with Crippen molar-refractivity contribution in [2.75, 3.05) is 11.8 Å². The standard InChI is InChI=1S/C12H15Cl2F/c1-2-7-12(8-13,9-14)10-5-3-4-6-11(10)15/h3-6H,2,7-9H2,1H3. The fraction of sp³-hybridized carbons (Fsp3) is 0.500. The third kappa shape index (κ3) is 2.64. The lowest BCUT2D eigenvalue weighted by molar-refractivity contribution is 0.455. The van der Waals surface area contributed by atoms with E-state index in [1.807, 2.05) is 6.07 Å². The largest absolute Gasteiger partial charge is 0.207 e. The second-order valence-electron chi connectivity index (χ2n) is 3.78. The maximum atomic E-state index is 13.7. The lowest BCUT2D eigenvalue weighted by Crippen LogP contribution is -2.31. The van der Waals surface area contributed by atoms with Gasteiger partial charge in [0.15, 0.2) is 0 Å². The predicted molar refractivity (Wildman–Crippen MR) is 64.4 cm³/mol. The number of hydrogen-bond acceptors (Lipinski definition) is 0. The minimum atomic E-state index is -0.427. The molecule has 0 aliphatic heterocycles. The number of benzene rings is 1. The smallest absolute Gasteiger partial charge is 0.127 e. The summed E-state index contributed by atoms with van der Waals surface area (Å²) in [6.07, 6.45) is 1.74. The second kappa shape index (κ2) is 5.72. The van der Waals surface area contributed by atoms with Crippen molar-refractivity contribution < 1.29 is 4.39 Å². The SMILES string of the molecule is CCCC(CCl)(CCl)c1ccccc1F. The molecule has 0 aromatic heterocycles. The van der Waals surface area contributed by atoms with Crippen LogP contribution >= 0.6 is 23.2 Å². The predicted octanol–water partition coefficient (Wildman–Crippen LogP) is 4.34. The molecule has 0 fully saturated rings. The molecule has 0 unspecified atom stereocenters. The molecule has 0 spiro atoms. The molecular weight excluding hydrogens is 234 g/mol. The Hall–Kier alpha value is -0.270. The monoisotopic (exact) mass is 248 g/mol. The quantitative estimate of drug-likeness (QED) is 0.681. The minimum absolute atomic E-state index is 0.216. The van der Waals surface area contributed by atoms with E-state index >= 15 is 0 Å². The molecule has 0 aliphatic rings. The van der Waals surface area contributed by atoms with E-state index in [1.165, 1.54) is 6.07 Å². The van der Waals surface area contributed by atoms with Crippen LogP contribution < -0.4 is 0 Å². The van der Waals surface area contributed by atoms with Gasteiger partial charge in [-0.25, -0.2) is 4.39 Å². The summed E-state index contributed by atoms with van der Waals surface area (Å²) < 4.78 is 13.7. The third-order valence-electron chi connectivity index (χ3n) is 2.69. The maximum absolute atomic E-state index is 13.7. The molecule has 0 saturated carbocycles. The highest BCUT2D eigenvalue weighted by Crippen LogP contribution is 2.33. The van der Waals surface area contributed by atoms with Gasteiger partial charge < -0.3 is 0 Å². The van der Waals surface area contributed by atoms with E-state index in [2.05, 4.69) is 6.92 Å². The Balaban J connectivity index is 3.13. The first kappa shape index (κ1) is 12.8. The molecule has 1 aromatic carbocycles. The van der Waals surface area contributed by atoms with Gasteiger partial charge in [0.05, 0.1) is 0 Å². The molecule has 1 rings (SSSR count). The molecule has 0 amide bonds. The Labute approximate surface area is 100 Å². The van der Waals surface area contributed by atoms with Gasteiger partial charge in [-0.1, -0.05) is 31.5 Å². The van der Waals surface area contributed by atoms with Crippen molar-refractivity contribution >= 4 is 23.2 Å². The zero-order valence-corrected chi connectivity index (χ0v) is 10.3. The van der Waals surface area contributed by atoms with E-state index in [-0.39, 0.29) is 5.82 Å². The first-order valence-electron chi connectivity index (χ1n) is 5.07. The average Bonchev–Trinajstić information content (AvgIpc) is 2.27. The normalized spacial score (nSPS) is 11.7. The first-order valence-corrected chi connectivity index (χ1v) is 6.14. The Kier molecular flexibility index (Phi) is 4.88. The molecule has 0 nitrogen and oxygen atoms in total. The minimum Gasteiger partial charge on any atom is -0.207 e. The number of alkyl halides is 2. The Morgan fingerprint density at radius 2 is 1.80 bits per heavy atom. The Morgan fingerprint density at radius 1 is 1.20 bits per heavy atom. The van der Waals surface area contributed by atoms with Gasteiger partial charge in [0.2, 0.25) is 0 Å². The molecule has 0 radical (unpaired) electrons. The fourth-order valence-electron chi connectivity index (χ4n) is 1.82. The molecular formula is C12H15Cl2F. The molecule has 15 heavy (non-hydrogen) atoms. The van der Waals surface area contributed by atoms with E-state index in [0.717, 1.165) is 12.8 Å². The third-order valence-corrected chi connectivity index (χ3v) is 3.71. The first-order chi connectivity index (χ1) is 7.20. The average molecular weight is 249 g/mol. The highest BCUT2D eigenvalue weighted by atomic mass is 35.5. The van der Waals surface area contributed by atoms with E-state index in [1.54, 1.807) is 12.1 Å². The van der Waals surface area contributed by atoms with E-state index < -0.39 is 5.41 Å². The summed E-state index contributed by atoms with van der Waals surface area (Å²) in [6, 6.07) is 6.73. The maximum Gasteiger partial charge on any atom is 0.127 e. The van der Waals surface area contributed by atoms with Crippen molar-refractivity contribution in [3.63, 3.8) is 0 Å². The lowest BCUT2D eigenvalue weighted by Gasteiger charge is -2.30. The van der Waals surface area contributed by atoms with E-state index in [9.17, 15) is 4.39 Å². The van der Waals surface area contributed by atoms with E-state index in [0.29, 0.717) is 17.3 Å². The van der Waals surface area contributed by atoms with Gasteiger partial charge in [-0.05, 0) is 18.1 Å². The number of rotatable bonds is 5. The lowest BCUT2D eigenvalue weighted by atomic mass is 9.80. The summed E-state index contributed by atoms with van der Waals surface area (Å²) in [5, 5.41) is 0. The topological polar surface area (TPSA) is 0 Å². The zero-order valence-electron chi connectivity index (χ0n) is 8.77. The summed E-state index contributed by atoms with van der Waals surface area (Å²) in [7, 11) is 0. The molecule has 84 valence electrons. The van der Waals surface area contributed by atoms with Gasteiger partial charge in [0, 0.05) is 17.2 Å². The molecule has 0 saturated heterocycles. The number of hydrogen-bond donors (Lipinski definition) is 0. The van der Waals surface area contributed by atoms with Gasteiger partial charge >= 0.3 is 0 Å². The second-order valence-corrected chi connectivity index (χ2v) is 4.31. The van der Waals surface area contributed by atoms with Crippen molar-refractivity contribution in [1.82, 2.24) is 0 Å². The van der Waals surface area contributed by atoms with Crippen molar-refractivity contribution in [2.24, 2.45) is 0 Å². The van der Waals surface area contributed by atoms with Crippen LogP contribution in [0.2, 0.25) is 0 Å². The van der Waals surface area contributed by atoms with Gasteiger partial charge in [-0.15, -0.1) is 23.2 Å². The van der Waals surface area contributed by atoms with Gasteiger partial charge in [-0.2, -0.15) is 0 Å². The van der Waals surface area contributed by atoms with Crippen LogP contribution in [0, 0.1) is 5.82 Å². The molecule has 1 aromatic rings. The molecule has 3 heteroatoms. The highest BCUT2D eigenvalue weighted by Gasteiger charge is 2.31. The van der Waals surface area contributed by atoms with Crippen LogP contribution in [-0.2, 0) is 5.41 Å². The summed E-state index contributed by atoms with van der Waals surface area (Å²) >= 11 is 11.9. The number of halogens is 3. The Morgan fingerprint density at radius 3 is 2.27 bits per heavy atom. The van der Waals surface area contributed by atoms with Crippen LogP contribution in [0.25, 0.3) is 0 Å². The van der Waals surface area contributed by atoms with Crippen molar-refractivity contribution in [3.8, 4) is 0 Å². The Bertz CT molecular complexity index is 308. The van der Waals surface area contributed by atoms with Gasteiger partial charge in [-0.3, -0.25) is 0 Å². The zero-order chi connectivity index (χ0) is 11.3. The molecule has 0 atom stereocenters. The highest BCUT2D eigenvalue weighted by molar-refractivity contribution is 6.22. The summed E-state index contributed by atoms with van der Waals surface area (Å²) in [5.74, 6) is 0.489. The van der Waals surface area contributed by atoms with Crippen molar-refractivity contribution in [1.29, 1.82) is 0 Å². The van der Waals surface area contributed by atoms with E-state index in [4.69, 9.17) is 23.2 Å². The van der Waals surface area contributed by atoms with Gasteiger partial charge in [0.1, 0.15) is 5.82 Å². The summed E-state index contributed by atoms with van der Waals surface area (Å²) in [6.45, 7) is 2.05. The van der Waals surface area contributed by atoms with Crippen LogP contribution in [0.4, 0.5) is 4.39 Å². The van der Waals surface area contributed by atoms with Crippen LogP contribution in [0.1, 0.15) is 25.3 Å². The molecule has 0 heterocycles. The van der Waals surface area contributed by atoms with Crippen molar-refractivity contribution in [3.05, 3.63) is 35.6 Å². The van der Waals surface area contributed by atoms with Gasteiger partial charge in [0.25, 0.3) is 0 Å². The van der Waals surface area contributed by atoms with Crippen molar-refractivity contribution in [2.45, 2.75) is 25.2 Å². The summed E-state index contributed by atoms with van der Waals surface area (Å²) in [5.41, 5.74) is 0.209. The molecule has 0 aliphatic carbocycles. The van der Waals surface area contributed by atoms with Crippen LogP contribution in [0.3, 0.4) is 0 Å². The van der Waals surface area contributed by atoms with Crippen LogP contribution in [0.15, 0.2) is 24.3 Å². The molecule has 0 bridgehead atoms. The molecule has 0 N–H and O–H groups in total. The fourth-order valence-corrected chi connectivity index (χ4v) is 2.66. The van der Waals surface area contributed by atoms with Crippen LogP contribution in [0.5, 0.6) is 0 Å². The van der Waals surface area contributed by atoms with Crippen LogP contribution in [-0.4, -0.2) is 11.8 Å².